The second-order valence-electron chi connectivity index (χ2n) is 3.08. The van der Waals surface area contributed by atoms with Crippen molar-refractivity contribution in [2.45, 2.75) is 13.5 Å². The number of hydrogen-bond donors (Lipinski definition) is 0. The number of pyridine rings is 1. The van der Waals surface area contributed by atoms with E-state index in [2.05, 4.69) is 18.1 Å². The summed E-state index contributed by atoms with van der Waals surface area (Å²) in [5.74, 6) is 0.428. The lowest BCUT2D eigenvalue weighted by atomic mass is 10.4. The predicted molar refractivity (Wildman–Crippen MR) is 63.6 cm³/mol. The van der Waals surface area contributed by atoms with Gasteiger partial charge in [0.1, 0.15) is 12.3 Å². The van der Waals surface area contributed by atoms with E-state index in [1.165, 1.54) is 0 Å². The van der Waals surface area contributed by atoms with Crippen molar-refractivity contribution in [3.8, 4) is 5.75 Å². The molecule has 1 heterocycles. The Hall–Kier alpha value is -1.40. The maximum Gasteiger partial charge on any atom is 0.172 e. The van der Waals surface area contributed by atoms with Crippen LogP contribution < -0.4 is 9.30 Å². The number of rotatable bonds is 4. The first-order valence-electron chi connectivity index (χ1n) is 5.00. The lowest BCUT2D eigenvalue weighted by molar-refractivity contribution is -0.693. The van der Waals surface area contributed by atoms with Crippen LogP contribution in [0.15, 0.2) is 37.2 Å². The summed E-state index contributed by atoms with van der Waals surface area (Å²) in [7, 11) is -2.37. The van der Waals surface area contributed by atoms with Gasteiger partial charge in [0.05, 0.1) is 23.0 Å². The minimum atomic E-state index is -4.04. The lowest BCUT2D eigenvalue weighted by Gasteiger charge is -1.98. The molecule has 17 heavy (non-hydrogen) atoms. The maximum atomic E-state index is 9.60. The summed E-state index contributed by atoms with van der Waals surface area (Å²) < 4.78 is 35.9. The molecule has 0 aliphatic heterocycles. The van der Waals surface area contributed by atoms with Gasteiger partial charge in [-0.15, -0.1) is 6.58 Å². The molecule has 6 heteroatoms. The van der Waals surface area contributed by atoms with Crippen molar-refractivity contribution < 1.29 is 22.3 Å². The van der Waals surface area contributed by atoms with Gasteiger partial charge < -0.3 is 9.29 Å². The molecule has 1 aromatic heterocycles. The molecule has 0 aliphatic carbocycles. The molecule has 0 aliphatic rings. The van der Waals surface area contributed by atoms with E-state index in [0.29, 0.717) is 0 Å². The molecule has 1 aromatic rings. The quantitative estimate of drug-likeness (QED) is 0.454. The first-order valence-corrected chi connectivity index (χ1v) is 6.58. The topological polar surface area (TPSA) is 70.3 Å². The van der Waals surface area contributed by atoms with Gasteiger partial charge in [-0.1, -0.05) is 6.08 Å². The maximum absolute atomic E-state index is 9.60. The van der Waals surface area contributed by atoms with Crippen molar-refractivity contribution in [3.05, 3.63) is 37.2 Å². The Morgan fingerprint density at radius 3 is 2.24 bits per heavy atom. The van der Waals surface area contributed by atoms with Gasteiger partial charge in [0, 0.05) is 12.1 Å². The molecule has 0 radical (unpaired) electrons. The van der Waals surface area contributed by atoms with E-state index in [0.717, 1.165) is 18.4 Å². The van der Waals surface area contributed by atoms with E-state index in [4.69, 9.17) is 4.74 Å². The highest BCUT2D eigenvalue weighted by molar-refractivity contribution is 7.85. The van der Waals surface area contributed by atoms with E-state index in [1.54, 1.807) is 7.11 Å². The van der Waals surface area contributed by atoms with E-state index >= 15 is 0 Å². The third-order valence-corrected chi connectivity index (χ3v) is 2.43. The fourth-order valence-electron chi connectivity index (χ4n) is 0.935. The van der Waals surface area contributed by atoms with Crippen LogP contribution in [0.1, 0.15) is 6.92 Å². The number of aromatic nitrogens is 1. The van der Waals surface area contributed by atoms with Crippen molar-refractivity contribution in [2.75, 3.05) is 12.9 Å². The lowest BCUT2D eigenvalue weighted by Crippen LogP contribution is -2.30. The summed E-state index contributed by atoms with van der Waals surface area (Å²) in [6.07, 6.45) is 5.06. The number of aryl methyl sites for hydroxylation is 1. The van der Waals surface area contributed by atoms with Crippen LogP contribution in [0.3, 0.4) is 0 Å². The van der Waals surface area contributed by atoms with Crippen molar-refractivity contribution >= 4 is 10.1 Å². The smallest absolute Gasteiger partial charge is 0.172 e. The molecular weight excluding hydrogens is 242 g/mol. The Balaban J connectivity index is 0.000000325. The van der Waals surface area contributed by atoms with Crippen LogP contribution in [0.2, 0.25) is 0 Å². The third-order valence-electron chi connectivity index (χ3n) is 1.78. The molecule has 0 bridgehead atoms. The molecule has 0 unspecified atom stereocenters. The molecule has 0 saturated heterocycles. The van der Waals surface area contributed by atoms with Crippen LogP contribution >= 0.6 is 0 Å². The SMILES string of the molecule is C=CCS(=O)(=O)[O-].CC[n+]1ccc(OC)cc1. The molecular formula is C11H17NO4S. The van der Waals surface area contributed by atoms with E-state index in [1.807, 2.05) is 24.5 Å². The van der Waals surface area contributed by atoms with Crippen molar-refractivity contribution in [2.24, 2.45) is 0 Å². The summed E-state index contributed by atoms with van der Waals surface area (Å²) in [5, 5.41) is 0. The molecule has 0 atom stereocenters. The zero-order valence-electron chi connectivity index (χ0n) is 10.00. The van der Waals surface area contributed by atoms with Crippen LogP contribution in [0, 0.1) is 0 Å². The molecule has 0 fully saturated rings. The highest BCUT2D eigenvalue weighted by atomic mass is 32.2. The molecule has 0 spiro atoms. The van der Waals surface area contributed by atoms with E-state index < -0.39 is 15.9 Å². The fourth-order valence-corrected chi connectivity index (χ4v) is 1.22. The normalized spacial score (nSPS) is 10.1. The minimum absolute atomic E-state index is 0.479. The van der Waals surface area contributed by atoms with Crippen molar-refractivity contribution in [3.63, 3.8) is 0 Å². The van der Waals surface area contributed by atoms with Gasteiger partial charge in [-0.05, 0) is 6.92 Å². The van der Waals surface area contributed by atoms with Gasteiger partial charge in [0.2, 0.25) is 0 Å². The average molecular weight is 259 g/mol. The number of methoxy groups -OCH3 is 1. The third kappa shape index (κ3) is 8.41. The van der Waals surface area contributed by atoms with Crippen molar-refractivity contribution in [1.29, 1.82) is 0 Å². The van der Waals surface area contributed by atoms with Crippen LogP contribution in [0.25, 0.3) is 0 Å². The summed E-state index contributed by atoms with van der Waals surface area (Å²) >= 11 is 0. The molecule has 96 valence electrons. The van der Waals surface area contributed by atoms with E-state index in [9.17, 15) is 13.0 Å². The molecule has 5 nitrogen and oxygen atoms in total. The second-order valence-corrected chi connectivity index (χ2v) is 4.53. The number of hydrogen-bond acceptors (Lipinski definition) is 4. The molecule has 1 rings (SSSR count). The predicted octanol–water partition coefficient (Wildman–Crippen LogP) is 0.720. The average Bonchev–Trinajstić information content (AvgIpc) is 2.28. The molecule has 0 aromatic carbocycles. The summed E-state index contributed by atoms with van der Waals surface area (Å²) in [6, 6.07) is 3.90. The minimum Gasteiger partial charge on any atom is -0.748 e. The van der Waals surface area contributed by atoms with Gasteiger partial charge in [-0.2, -0.15) is 0 Å². The molecule has 0 amide bonds. The Bertz CT molecular complexity index is 402. The van der Waals surface area contributed by atoms with Crippen LogP contribution in [-0.4, -0.2) is 25.8 Å². The van der Waals surface area contributed by atoms with Crippen LogP contribution in [-0.2, 0) is 16.7 Å². The summed E-state index contributed by atoms with van der Waals surface area (Å²) in [4.78, 5) is 0. The fraction of sp³-hybridized carbons (Fsp3) is 0.364. The summed E-state index contributed by atoms with van der Waals surface area (Å²) in [5.41, 5.74) is 0. The first kappa shape index (κ1) is 15.6. The van der Waals surface area contributed by atoms with E-state index in [-0.39, 0.29) is 0 Å². The highest BCUT2D eigenvalue weighted by Crippen LogP contribution is 2.03. The standard InChI is InChI=1S/C8H12NO.C3H6O3S/c1-3-9-6-4-8(10-2)5-7-9;1-2-3-7(4,5)6/h4-7H,3H2,1-2H3;2H,1,3H2,(H,4,5,6)/q+1;/p-1. The Kier molecular flexibility index (Phi) is 7.16. The van der Waals surface area contributed by atoms with Gasteiger partial charge >= 0.3 is 0 Å². The monoisotopic (exact) mass is 259 g/mol. The van der Waals surface area contributed by atoms with Crippen molar-refractivity contribution in [1.82, 2.24) is 0 Å². The molecule has 0 saturated carbocycles. The number of nitrogens with zero attached hydrogens (tertiary/aromatic N) is 1. The number of ether oxygens (including phenoxy) is 1. The largest absolute Gasteiger partial charge is 0.748 e. The Morgan fingerprint density at radius 1 is 1.47 bits per heavy atom. The van der Waals surface area contributed by atoms with Gasteiger partial charge in [0.25, 0.3) is 0 Å². The van der Waals surface area contributed by atoms with Crippen LogP contribution in [0.5, 0.6) is 5.75 Å². The van der Waals surface area contributed by atoms with Crippen LogP contribution in [0.4, 0.5) is 0 Å². The Labute approximate surface area is 102 Å². The van der Waals surface area contributed by atoms with Gasteiger partial charge in [0.15, 0.2) is 12.4 Å². The summed E-state index contributed by atoms with van der Waals surface area (Å²) in [6.45, 7) is 6.17. The Morgan fingerprint density at radius 2 is 2.00 bits per heavy atom. The highest BCUT2D eigenvalue weighted by Gasteiger charge is 1.94. The molecule has 0 N–H and O–H groups in total. The van der Waals surface area contributed by atoms with Gasteiger partial charge in [-0.3, -0.25) is 0 Å². The second kappa shape index (κ2) is 7.81. The zero-order chi connectivity index (χ0) is 13.3. The van der Waals surface area contributed by atoms with Gasteiger partial charge in [-0.25, -0.2) is 13.0 Å². The first-order chi connectivity index (χ1) is 7.92. The zero-order valence-corrected chi connectivity index (χ0v) is 10.8.